The molecule has 1 heterocycles. The van der Waals surface area contributed by atoms with Gasteiger partial charge in [0.05, 0.1) is 11.4 Å². The standard InChI is InChI=1S/C16H25N3O2/c1-6-17-12(4)15(11(2)3)18-13(5)16(20)19-14-7-9-21-10-8-14/h6,14H,2,7-10H2,1,3-5H3,(H,19,20)/b15-12+,17-6?,18-13?. The minimum absolute atomic E-state index is 0.145. The number of nitrogens with one attached hydrogen (secondary N) is 1. The number of rotatable bonds is 5. The van der Waals surface area contributed by atoms with Gasteiger partial charge in [0, 0.05) is 25.5 Å². The molecule has 0 radical (unpaired) electrons. The first-order chi connectivity index (χ1) is 9.95. The molecule has 1 aliphatic heterocycles. The number of hydrogen-bond donors (Lipinski definition) is 1. The van der Waals surface area contributed by atoms with Crippen LogP contribution in [-0.2, 0) is 9.53 Å². The zero-order valence-electron chi connectivity index (χ0n) is 13.4. The molecule has 0 aromatic rings. The fourth-order valence-electron chi connectivity index (χ4n) is 2.09. The molecule has 1 fully saturated rings. The molecule has 0 unspecified atom stereocenters. The average molecular weight is 291 g/mol. The third-order valence-electron chi connectivity index (χ3n) is 3.23. The Balaban J connectivity index is 2.82. The topological polar surface area (TPSA) is 63.0 Å². The lowest BCUT2D eigenvalue weighted by Gasteiger charge is -2.23. The largest absolute Gasteiger partial charge is 0.381 e. The first-order valence-corrected chi connectivity index (χ1v) is 7.25. The molecule has 5 nitrogen and oxygen atoms in total. The maximum absolute atomic E-state index is 12.2. The van der Waals surface area contributed by atoms with Crippen LogP contribution >= 0.6 is 0 Å². The van der Waals surface area contributed by atoms with Gasteiger partial charge in [-0.15, -0.1) is 0 Å². The second-order valence-electron chi connectivity index (χ2n) is 5.16. The molecule has 0 saturated carbocycles. The van der Waals surface area contributed by atoms with Gasteiger partial charge >= 0.3 is 0 Å². The first-order valence-electron chi connectivity index (χ1n) is 7.25. The van der Waals surface area contributed by atoms with Crippen molar-refractivity contribution in [3.8, 4) is 0 Å². The van der Waals surface area contributed by atoms with E-state index < -0.39 is 0 Å². The molecule has 0 atom stereocenters. The summed E-state index contributed by atoms with van der Waals surface area (Å²) in [6.07, 6.45) is 3.40. The monoisotopic (exact) mass is 291 g/mol. The number of allylic oxidation sites excluding steroid dienone is 2. The lowest BCUT2D eigenvalue weighted by molar-refractivity contribution is -0.116. The number of ether oxygens (including phenoxy) is 1. The van der Waals surface area contributed by atoms with Gasteiger partial charge in [0.15, 0.2) is 0 Å². The minimum Gasteiger partial charge on any atom is -0.381 e. The van der Waals surface area contributed by atoms with Crippen LogP contribution in [0.3, 0.4) is 0 Å². The molecule has 0 spiro atoms. The van der Waals surface area contributed by atoms with Crippen LogP contribution < -0.4 is 5.32 Å². The lowest BCUT2D eigenvalue weighted by atomic mass is 10.1. The quantitative estimate of drug-likeness (QED) is 0.625. The predicted molar refractivity (Wildman–Crippen MR) is 86.8 cm³/mol. The number of carbonyl (C=O) groups excluding carboxylic acids is 1. The molecule has 0 aliphatic carbocycles. The van der Waals surface area contributed by atoms with E-state index in [1.54, 1.807) is 13.1 Å². The first kappa shape index (κ1) is 17.3. The summed E-state index contributed by atoms with van der Waals surface area (Å²) in [5.41, 5.74) is 2.62. The normalized spacial score (nSPS) is 18.6. The number of hydrogen-bond acceptors (Lipinski definition) is 4. The van der Waals surface area contributed by atoms with Gasteiger partial charge in [-0.1, -0.05) is 6.58 Å². The summed E-state index contributed by atoms with van der Waals surface area (Å²) in [5, 5.41) is 2.99. The average Bonchev–Trinajstić information content (AvgIpc) is 2.45. The van der Waals surface area contributed by atoms with Crippen LogP contribution in [0.15, 0.2) is 33.5 Å². The van der Waals surface area contributed by atoms with Gasteiger partial charge < -0.3 is 10.1 Å². The van der Waals surface area contributed by atoms with E-state index in [1.165, 1.54) is 0 Å². The number of aliphatic imine (C=N–C) groups is 2. The van der Waals surface area contributed by atoms with Crippen LogP contribution in [0.5, 0.6) is 0 Å². The van der Waals surface area contributed by atoms with E-state index >= 15 is 0 Å². The fourth-order valence-corrected chi connectivity index (χ4v) is 2.09. The maximum Gasteiger partial charge on any atom is 0.265 e. The van der Waals surface area contributed by atoms with Gasteiger partial charge in [0.1, 0.15) is 5.71 Å². The number of nitrogens with zero attached hydrogens (tertiary/aromatic N) is 2. The molecule has 1 amide bonds. The molecule has 0 aromatic carbocycles. The van der Waals surface area contributed by atoms with Crippen LogP contribution in [0.1, 0.15) is 40.5 Å². The van der Waals surface area contributed by atoms with Crippen LogP contribution in [0, 0.1) is 0 Å². The molecule has 0 bridgehead atoms. The zero-order chi connectivity index (χ0) is 15.8. The van der Waals surface area contributed by atoms with Gasteiger partial charge in [-0.3, -0.25) is 9.79 Å². The fraction of sp³-hybridized carbons (Fsp3) is 0.562. The summed E-state index contributed by atoms with van der Waals surface area (Å²) >= 11 is 0. The van der Waals surface area contributed by atoms with Crippen LogP contribution in [0.4, 0.5) is 0 Å². The van der Waals surface area contributed by atoms with Gasteiger partial charge in [-0.25, -0.2) is 4.99 Å². The van der Waals surface area contributed by atoms with Gasteiger partial charge in [0.25, 0.3) is 5.91 Å². The van der Waals surface area contributed by atoms with Crippen LogP contribution in [0.25, 0.3) is 0 Å². The van der Waals surface area contributed by atoms with Crippen molar-refractivity contribution in [3.05, 3.63) is 23.5 Å². The molecule has 1 N–H and O–H groups in total. The second kappa shape index (κ2) is 8.52. The van der Waals surface area contributed by atoms with Crippen molar-refractivity contribution in [2.45, 2.75) is 46.6 Å². The molecule has 5 heteroatoms. The molecule has 1 aliphatic rings. The molecular formula is C16H25N3O2. The second-order valence-corrected chi connectivity index (χ2v) is 5.16. The van der Waals surface area contributed by atoms with Crippen molar-refractivity contribution >= 4 is 17.8 Å². The third-order valence-corrected chi connectivity index (χ3v) is 3.23. The van der Waals surface area contributed by atoms with Crippen LogP contribution in [0.2, 0.25) is 0 Å². The summed E-state index contributed by atoms with van der Waals surface area (Å²) in [4.78, 5) is 20.8. The molecule has 1 saturated heterocycles. The maximum atomic E-state index is 12.2. The van der Waals surface area contributed by atoms with E-state index in [-0.39, 0.29) is 11.9 Å². The van der Waals surface area contributed by atoms with Crippen LogP contribution in [-0.4, -0.2) is 37.1 Å². The highest BCUT2D eigenvalue weighted by Gasteiger charge is 2.17. The molecule has 116 valence electrons. The molecular weight excluding hydrogens is 266 g/mol. The van der Waals surface area contributed by atoms with E-state index in [2.05, 4.69) is 21.9 Å². The zero-order valence-corrected chi connectivity index (χ0v) is 13.4. The highest BCUT2D eigenvalue weighted by atomic mass is 16.5. The molecule has 1 rings (SSSR count). The Labute approximate surface area is 126 Å². The van der Waals surface area contributed by atoms with Crippen molar-refractivity contribution in [3.63, 3.8) is 0 Å². The number of amides is 1. The van der Waals surface area contributed by atoms with E-state index in [1.807, 2.05) is 20.8 Å². The van der Waals surface area contributed by atoms with E-state index in [0.717, 1.165) is 24.1 Å². The van der Waals surface area contributed by atoms with Crippen molar-refractivity contribution in [2.24, 2.45) is 9.98 Å². The Kier molecular flexibility index (Phi) is 7.02. The highest BCUT2D eigenvalue weighted by Crippen LogP contribution is 2.16. The van der Waals surface area contributed by atoms with E-state index in [4.69, 9.17) is 4.74 Å². The smallest absolute Gasteiger partial charge is 0.265 e. The minimum atomic E-state index is -0.145. The third kappa shape index (κ3) is 5.63. The van der Waals surface area contributed by atoms with E-state index in [0.29, 0.717) is 24.6 Å². The van der Waals surface area contributed by atoms with Gasteiger partial charge in [-0.2, -0.15) is 0 Å². The Bertz CT molecular complexity index is 484. The van der Waals surface area contributed by atoms with Crippen molar-refractivity contribution in [1.82, 2.24) is 5.32 Å². The highest BCUT2D eigenvalue weighted by molar-refractivity contribution is 6.38. The van der Waals surface area contributed by atoms with E-state index in [9.17, 15) is 4.79 Å². The SMILES string of the molecule is C=C(C)/C(N=C(C)C(=O)NC1CCOCC1)=C(/C)N=CC. The Morgan fingerprint density at radius 1 is 1.29 bits per heavy atom. The van der Waals surface area contributed by atoms with Crippen molar-refractivity contribution in [2.75, 3.05) is 13.2 Å². The summed E-state index contributed by atoms with van der Waals surface area (Å²) in [6.45, 7) is 12.6. The van der Waals surface area contributed by atoms with Crippen molar-refractivity contribution in [1.29, 1.82) is 0 Å². The summed E-state index contributed by atoms with van der Waals surface area (Å²) in [7, 11) is 0. The van der Waals surface area contributed by atoms with Gasteiger partial charge in [0.2, 0.25) is 0 Å². The molecule has 0 aromatic heterocycles. The summed E-state index contributed by atoms with van der Waals surface area (Å²) < 4.78 is 5.28. The lowest BCUT2D eigenvalue weighted by Crippen LogP contribution is -2.41. The Morgan fingerprint density at radius 3 is 2.43 bits per heavy atom. The Morgan fingerprint density at radius 2 is 1.90 bits per heavy atom. The Hall–Kier alpha value is -1.75. The number of carbonyl (C=O) groups is 1. The predicted octanol–water partition coefficient (Wildman–Crippen LogP) is 2.64. The van der Waals surface area contributed by atoms with Crippen molar-refractivity contribution < 1.29 is 9.53 Å². The summed E-state index contributed by atoms with van der Waals surface area (Å²) in [6, 6.07) is 0.170. The summed E-state index contributed by atoms with van der Waals surface area (Å²) in [5.74, 6) is -0.145. The molecule has 21 heavy (non-hydrogen) atoms. The van der Waals surface area contributed by atoms with Gasteiger partial charge in [-0.05, 0) is 46.1 Å².